The molecule has 0 aliphatic carbocycles. The molecule has 0 amide bonds. The first kappa shape index (κ1) is 17.2. The molecule has 1 aromatic carbocycles. The van der Waals surface area contributed by atoms with E-state index in [0.29, 0.717) is 16.3 Å². The topological polar surface area (TPSA) is 72.2 Å². The van der Waals surface area contributed by atoms with Crippen molar-refractivity contribution in [3.63, 3.8) is 0 Å². The number of hydrogen-bond donors (Lipinski definition) is 1. The van der Waals surface area contributed by atoms with Gasteiger partial charge in [0, 0.05) is 16.4 Å². The molecule has 0 aliphatic rings. The van der Waals surface area contributed by atoms with Gasteiger partial charge in [0.1, 0.15) is 0 Å². The Morgan fingerprint density at radius 2 is 2.04 bits per heavy atom. The molecule has 0 aliphatic heterocycles. The molecule has 24 heavy (non-hydrogen) atoms. The zero-order valence-electron chi connectivity index (χ0n) is 13.0. The minimum atomic E-state index is -3.65. The molecule has 3 aromatic rings. The van der Waals surface area contributed by atoms with Crippen LogP contribution in [0.4, 0.5) is 0 Å². The summed E-state index contributed by atoms with van der Waals surface area (Å²) in [7, 11) is -3.65. The number of benzene rings is 1. The van der Waals surface area contributed by atoms with E-state index >= 15 is 0 Å². The lowest BCUT2D eigenvalue weighted by molar-refractivity contribution is 0.580. The molecule has 0 radical (unpaired) electrons. The van der Waals surface area contributed by atoms with E-state index in [4.69, 9.17) is 16.0 Å². The van der Waals surface area contributed by atoms with E-state index < -0.39 is 10.0 Å². The summed E-state index contributed by atoms with van der Waals surface area (Å²) in [4.78, 5) is 5.45. The summed E-state index contributed by atoms with van der Waals surface area (Å²) in [6.07, 6.45) is 1.58. The second-order valence-corrected chi connectivity index (χ2v) is 8.42. The predicted octanol–water partition coefficient (Wildman–Crippen LogP) is 4.15. The van der Waals surface area contributed by atoms with E-state index in [9.17, 15) is 8.42 Å². The zero-order valence-corrected chi connectivity index (χ0v) is 15.4. The molecule has 2 aromatic heterocycles. The van der Waals surface area contributed by atoms with Gasteiger partial charge in [-0.25, -0.2) is 18.1 Å². The zero-order chi connectivity index (χ0) is 17.3. The lowest BCUT2D eigenvalue weighted by Crippen LogP contribution is -2.24. The van der Waals surface area contributed by atoms with Crippen molar-refractivity contribution in [3.05, 3.63) is 57.8 Å². The van der Waals surface area contributed by atoms with Crippen LogP contribution in [-0.2, 0) is 16.6 Å². The number of furan rings is 1. The molecule has 1 N–H and O–H groups in total. The molecule has 126 valence electrons. The van der Waals surface area contributed by atoms with Crippen molar-refractivity contribution in [2.24, 2.45) is 0 Å². The molecule has 8 heteroatoms. The van der Waals surface area contributed by atoms with Crippen LogP contribution in [0.5, 0.6) is 0 Å². The number of thiazole rings is 1. The highest BCUT2D eigenvalue weighted by atomic mass is 35.5. The third-order valence-corrected chi connectivity index (χ3v) is 6.68. The number of sulfonamides is 1. The van der Waals surface area contributed by atoms with Crippen molar-refractivity contribution >= 4 is 33.0 Å². The van der Waals surface area contributed by atoms with Gasteiger partial charge in [-0.1, -0.05) is 17.7 Å². The summed E-state index contributed by atoms with van der Waals surface area (Å²) < 4.78 is 33.0. The average Bonchev–Trinajstić information content (AvgIpc) is 3.17. The van der Waals surface area contributed by atoms with Gasteiger partial charge in [-0.15, -0.1) is 11.3 Å². The monoisotopic (exact) mass is 382 g/mol. The van der Waals surface area contributed by atoms with Crippen molar-refractivity contribution in [1.82, 2.24) is 9.71 Å². The lowest BCUT2D eigenvalue weighted by atomic mass is 10.2. The quantitative estimate of drug-likeness (QED) is 0.719. The van der Waals surface area contributed by atoms with E-state index in [1.54, 1.807) is 31.4 Å². The van der Waals surface area contributed by atoms with Crippen LogP contribution in [0, 0.1) is 13.8 Å². The minimum Gasteiger partial charge on any atom is -0.462 e. The van der Waals surface area contributed by atoms with Crippen molar-refractivity contribution < 1.29 is 12.8 Å². The van der Waals surface area contributed by atoms with Gasteiger partial charge in [0.05, 0.1) is 16.9 Å². The molecule has 3 rings (SSSR count). The highest BCUT2D eigenvalue weighted by Crippen LogP contribution is 2.29. The Balaban J connectivity index is 1.82. The van der Waals surface area contributed by atoms with Gasteiger partial charge < -0.3 is 4.42 Å². The first-order chi connectivity index (χ1) is 11.4. The maximum atomic E-state index is 12.5. The van der Waals surface area contributed by atoms with Crippen molar-refractivity contribution in [1.29, 1.82) is 0 Å². The normalized spacial score (nSPS) is 11.8. The molecule has 0 fully saturated rings. The van der Waals surface area contributed by atoms with Gasteiger partial charge in [-0.2, -0.15) is 0 Å². The number of nitrogens with one attached hydrogen (secondary N) is 1. The SMILES string of the molecule is Cc1nc(-c2ccco2)sc1CNS(=O)(=O)c1cccc(Cl)c1C. The van der Waals surface area contributed by atoms with Gasteiger partial charge >= 0.3 is 0 Å². The van der Waals surface area contributed by atoms with Crippen molar-refractivity contribution in [3.8, 4) is 10.8 Å². The Morgan fingerprint density at radius 3 is 2.75 bits per heavy atom. The predicted molar refractivity (Wildman–Crippen MR) is 94.8 cm³/mol. The largest absolute Gasteiger partial charge is 0.462 e. The van der Waals surface area contributed by atoms with Crippen LogP contribution in [0.2, 0.25) is 5.02 Å². The van der Waals surface area contributed by atoms with E-state index in [0.717, 1.165) is 15.6 Å². The molecule has 0 saturated carbocycles. The number of rotatable bonds is 5. The van der Waals surface area contributed by atoms with Crippen molar-refractivity contribution in [2.45, 2.75) is 25.3 Å². The number of hydrogen-bond acceptors (Lipinski definition) is 5. The maximum absolute atomic E-state index is 12.5. The number of nitrogens with zero attached hydrogens (tertiary/aromatic N) is 1. The van der Waals surface area contributed by atoms with Crippen LogP contribution in [0.1, 0.15) is 16.1 Å². The van der Waals surface area contributed by atoms with Crippen LogP contribution in [0.15, 0.2) is 45.9 Å². The molecular formula is C16H15ClN2O3S2. The second kappa shape index (κ2) is 6.68. The molecule has 0 bridgehead atoms. The van der Waals surface area contributed by atoms with Crippen molar-refractivity contribution in [2.75, 3.05) is 0 Å². The van der Waals surface area contributed by atoms with Gasteiger partial charge in [0.2, 0.25) is 10.0 Å². The highest BCUT2D eigenvalue weighted by Gasteiger charge is 2.19. The van der Waals surface area contributed by atoms with Crippen LogP contribution < -0.4 is 4.72 Å². The Hall–Kier alpha value is -1.67. The van der Waals surface area contributed by atoms with Gasteiger partial charge in [-0.3, -0.25) is 0 Å². The van der Waals surface area contributed by atoms with Crippen LogP contribution >= 0.6 is 22.9 Å². The lowest BCUT2D eigenvalue weighted by Gasteiger charge is -2.09. The minimum absolute atomic E-state index is 0.165. The Bertz CT molecular complexity index is 963. The fourth-order valence-electron chi connectivity index (χ4n) is 2.21. The summed E-state index contributed by atoms with van der Waals surface area (Å²) >= 11 is 7.41. The summed E-state index contributed by atoms with van der Waals surface area (Å²) in [5.74, 6) is 0.669. The maximum Gasteiger partial charge on any atom is 0.241 e. The highest BCUT2D eigenvalue weighted by molar-refractivity contribution is 7.89. The van der Waals surface area contributed by atoms with E-state index in [1.165, 1.54) is 17.4 Å². The Labute approximate surface area is 149 Å². The third kappa shape index (κ3) is 3.39. The van der Waals surface area contributed by atoms with Crippen LogP contribution in [0.25, 0.3) is 10.8 Å². The molecule has 0 spiro atoms. The molecule has 5 nitrogen and oxygen atoms in total. The number of aromatic nitrogens is 1. The molecule has 0 unspecified atom stereocenters. The third-order valence-electron chi connectivity index (χ3n) is 3.55. The standard InChI is InChI=1S/C16H15ClN2O3S2/c1-10-12(17)5-3-7-15(10)24(20,21)18-9-14-11(2)19-16(23-14)13-6-4-8-22-13/h3-8,18H,9H2,1-2H3. The first-order valence-corrected chi connectivity index (χ1v) is 9.81. The fourth-order valence-corrected chi connectivity index (χ4v) is 4.77. The average molecular weight is 383 g/mol. The second-order valence-electron chi connectivity index (χ2n) is 5.19. The summed E-state index contributed by atoms with van der Waals surface area (Å²) in [6.45, 7) is 3.69. The van der Waals surface area contributed by atoms with E-state index in [2.05, 4.69) is 9.71 Å². The van der Waals surface area contributed by atoms with E-state index in [-0.39, 0.29) is 11.4 Å². The number of aryl methyl sites for hydroxylation is 1. The smallest absolute Gasteiger partial charge is 0.241 e. The molecule has 0 atom stereocenters. The van der Waals surface area contributed by atoms with Gasteiger partial charge in [0.15, 0.2) is 10.8 Å². The summed E-state index contributed by atoms with van der Waals surface area (Å²) in [5, 5.41) is 1.15. The first-order valence-electron chi connectivity index (χ1n) is 7.13. The molecule has 2 heterocycles. The number of halogens is 1. The molecular weight excluding hydrogens is 368 g/mol. The Morgan fingerprint density at radius 1 is 1.25 bits per heavy atom. The Kier molecular flexibility index (Phi) is 4.78. The van der Waals surface area contributed by atoms with Crippen LogP contribution in [0.3, 0.4) is 0 Å². The summed E-state index contributed by atoms with van der Waals surface area (Å²) in [6, 6.07) is 8.44. The van der Waals surface area contributed by atoms with Crippen LogP contribution in [-0.4, -0.2) is 13.4 Å². The fraction of sp³-hybridized carbons (Fsp3) is 0.188. The van der Waals surface area contributed by atoms with Gasteiger partial charge in [0.25, 0.3) is 0 Å². The van der Waals surface area contributed by atoms with Gasteiger partial charge in [-0.05, 0) is 43.7 Å². The summed E-state index contributed by atoms with van der Waals surface area (Å²) in [5.41, 5.74) is 1.31. The molecule has 0 saturated heterocycles. The van der Waals surface area contributed by atoms with E-state index in [1.807, 2.05) is 13.0 Å².